The lowest BCUT2D eigenvalue weighted by molar-refractivity contribution is -0.122. The molecule has 0 aromatic rings. The van der Waals surface area contributed by atoms with Gasteiger partial charge in [-0.2, -0.15) is 0 Å². The first kappa shape index (κ1) is 28.4. The van der Waals surface area contributed by atoms with Gasteiger partial charge in [0.2, 0.25) is 5.91 Å². The molecule has 0 aliphatic carbocycles. The lowest BCUT2D eigenvalue weighted by atomic mass is 10.1. The minimum atomic E-state index is 0. The zero-order valence-corrected chi connectivity index (χ0v) is 21.8. The number of aliphatic imine (C=N–C) groups is 1. The van der Waals surface area contributed by atoms with Gasteiger partial charge >= 0.3 is 0 Å². The predicted octanol–water partition coefficient (Wildman–Crippen LogP) is 2.27. The molecular weight excluding hydrogens is 479 g/mol. The van der Waals surface area contributed by atoms with Gasteiger partial charge in [-0.1, -0.05) is 6.92 Å². The van der Waals surface area contributed by atoms with E-state index >= 15 is 0 Å². The van der Waals surface area contributed by atoms with Gasteiger partial charge in [-0.3, -0.25) is 19.6 Å². The van der Waals surface area contributed by atoms with Crippen molar-refractivity contribution < 1.29 is 4.79 Å². The van der Waals surface area contributed by atoms with E-state index in [1.165, 1.54) is 0 Å². The molecule has 7 nitrogen and oxygen atoms in total. The molecule has 0 unspecified atom stereocenters. The normalized spacial score (nSPS) is 16.2. The highest BCUT2D eigenvalue weighted by Crippen LogP contribution is 2.10. The van der Waals surface area contributed by atoms with Crippen LogP contribution in [0.15, 0.2) is 4.99 Å². The van der Waals surface area contributed by atoms with E-state index in [2.05, 4.69) is 65.4 Å². The van der Waals surface area contributed by atoms with Crippen molar-refractivity contribution in [1.29, 1.82) is 0 Å². The van der Waals surface area contributed by atoms with Crippen LogP contribution in [-0.4, -0.2) is 86.1 Å². The Kier molecular flexibility index (Phi) is 15.8. The maximum atomic E-state index is 11.9. The molecule has 172 valence electrons. The number of amides is 1. The molecule has 0 radical (unpaired) electrons. The summed E-state index contributed by atoms with van der Waals surface area (Å²) in [5.74, 6) is 1.03. The van der Waals surface area contributed by atoms with E-state index in [1.54, 1.807) is 0 Å². The van der Waals surface area contributed by atoms with E-state index in [4.69, 9.17) is 0 Å². The molecule has 1 saturated heterocycles. The highest BCUT2D eigenvalue weighted by Gasteiger charge is 2.21. The predicted molar refractivity (Wildman–Crippen MR) is 134 cm³/mol. The van der Waals surface area contributed by atoms with Gasteiger partial charge in [0.25, 0.3) is 0 Å². The first-order chi connectivity index (χ1) is 13.4. The summed E-state index contributed by atoms with van der Waals surface area (Å²) in [6.07, 6.45) is 4.16. The maximum absolute atomic E-state index is 11.9. The van der Waals surface area contributed by atoms with Crippen molar-refractivity contribution in [3.63, 3.8) is 0 Å². The molecule has 1 aliphatic rings. The molecule has 3 N–H and O–H groups in total. The van der Waals surface area contributed by atoms with Crippen molar-refractivity contribution in [2.45, 2.75) is 78.4 Å². The number of hydrogen-bond acceptors (Lipinski definition) is 4. The second kappa shape index (κ2) is 16.1. The summed E-state index contributed by atoms with van der Waals surface area (Å²) in [5.41, 5.74) is 0. The van der Waals surface area contributed by atoms with E-state index in [1.807, 2.05) is 7.05 Å². The van der Waals surface area contributed by atoms with Crippen LogP contribution in [0.5, 0.6) is 0 Å². The van der Waals surface area contributed by atoms with Gasteiger partial charge in [-0.25, -0.2) is 0 Å². The molecule has 0 aromatic heterocycles. The van der Waals surface area contributed by atoms with Gasteiger partial charge in [0, 0.05) is 57.9 Å². The van der Waals surface area contributed by atoms with Crippen molar-refractivity contribution in [3.8, 4) is 0 Å². The van der Waals surface area contributed by atoms with Crippen LogP contribution in [0.2, 0.25) is 0 Å². The fourth-order valence-electron chi connectivity index (χ4n) is 3.73. The summed E-state index contributed by atoms with van der Waals surface area (Å²) in [4.78, 5) is 21.0. The highest BCUT2D eigenvalue weighted by atomic mass is 127. The number of rotatable bonds is 11. The number of halogens is 1. The summed E-state index contributed by atoms with van der Waals surface area (Å²) in [5, 5.41) is 9.95. The molecule has 1 rings (SSSR count). The molecule has 0 aromatic carbocycles. The van der Waals surface area contributed by atoms with Crippen LogP contribution in [0, 0.1) is 0 Å². The Hall–Kier alpha value is -0.610. The topological polar surface area (TPSA) is 72.0 Å². The van der Waals surface area contributed by atoms with Crippen LogP contribution in [0.4, 0.5) is 0 Å². The quantitative estimate of drug-likeness (QED) is 0.168. The smallest absolute Gasteiger partial charge is 0.234 e. The average molecular weight is 525 g/mol. The summed E-state index contributed by atoms with van der Waals surface area (Å²) < 4.78 is 0. The number of likely N-dealkylation sites (tertiary alicyclic amines) is 1. The Morgan fingerprint density at radius 2 is 1.72 bits per heavy atom. The fourth-order valence-corrected chi connectivity index (χ4v) is 3.73. The van der Waals surface area contributed by atoms with Crippen molar-refractivity contribution in [3.05, 3.63) is 0 Å². The highest BCUT2D eigenvalue weighted by molar-refractivity contribution is 14.0. The zero-order chi connectivity index (χ0) is 20.9. The summed E-state index contributed by atoms with van der Waals surface area (Å²) >= 11 is 0. The molecule has 29 heavy (non-hydrogen) atoms. The molecule has 0 saturated carbocycles. The molecule has 1 amide bonds. The minimum absolute atomic E-state index is 0. The van der Waals surface area contributed by atoms with Gasteiger partial charge < -0.3 is 16.0 Å². The third kappa shape index (κ3) is 12.0. The number of nitrogens with zero attached hydrogens (tertiary/aromatic N) is 3. The molecule has 1 fully saturated rings. The van der Waals surface area contributed by atoms with E-state index in [0.29, 0.717) is 24.7 Å². The molecule has 1 heterocycles. The lowest BCUT2D eigenvalue weighted by Crippen LogP contribution is -2.50. The summed E-state index contributed by atoms with van der Waals surface area (Å²) in [7, 11) is 1.83. The Morgan fingerprint density at radius 3 is 2.24 bits per heavy atom. The summed E-state index contributed by atoms with van der Waals surface area (Å²) in [6.45, 7) is 16.3. The molecule has 8 heteroatoms. The van der Waals surface area contributed by atoms with Crippen LogP contribution in [-0.2, 0) is 4.79 Å². The Balaban J connectivity index is 0.00000784. The van der Waals surface area contributed by atoms with Crippen LogP contribution in [0.25, 0.3) is 0 Å². The van der Waals surface area contributed by atoms with Gasteiger partial charge in [0.1, 0.15) is 0 Å². The zero-order valence-electron chi connectivity index (χ0n) is 19.5. The van der Waals surface area contributed by atoms with Crippen molar-refractivity contribution >= 4 is 35.8 Å². The van der Waals surface area contributed by atoms with Crippen LogP contribution in [0.3, 0.4) is 0 Å². The Labute approximate surface area is 195 Å². The Morgan fingerprint density at radius 1 is 1.10 bits per heavy atom. The number of guanidine groups is 1. The lowest BCUT2D eigenvalue weighted by Gasteiger charge is -2.33. The molecule has 0 atom stereocenters. The average Bonchev–Trinajstić information content (AvgIpc) is 2.66. The molecule has 0 bridgehead atoms. The molecule has 1 aliphatic heterocycles. The maximum Gasteiger partial charge on any atom is 0.234 e. The number of carbonyl (C=O) groups is 1. The second-order valence-corrected chi connectivity index (χ2v) is 8.32. The van der Waals surface area contributed by atoms with Gasteiger partial charge in [-0.15, -0.1) is 24.0 Å². The van der Waals surface area contributed by atoms with Gasteiger partial charge in [0.05, 0.1) is 6.54 Å². The van der Waals surface area contributed by atoms with E-state index in [0.717, 1.165) is 64.4 Å². The third-order valence-electron chi connectivity index (χ3n) is 5.30. The van der Waals surface area contributed by atoms with Gasteiger partial charge in [-0.05, 0) is 53.4 Å². The number of nitrogens with one attached hydrogen (secondary N) is 3. The first-order valence-corrected chi connectivity index (χ1v) is 11.1. The van der Waals surface area contributed by atoms with Gasteiger partial charge in [0.15, 0.2) is 5.96 Å². The van der Waals surface area contributed by atoms with E-state index < -0.39 is 0 Å². The summed E-state index contributed by atoms with van der Waals surface area (Å²) in [6, 6.07) is 1.57. The van der Waals surface area contributed by atoms with Crippen LogP contribution in [0.1, 0.15) is 60.3 Å². The van der Waals surface area contributed by atoms with E-state index in [-0.39, 0.29) is 29.9 Å². The van der Waals surface area contributed by atoms with Crippen LogP contribution < -0.4 is 16.0 Å². The Bertz CT molecular complexity index is 456. The number of hydrogen-bond donors (Lipinski definition) is 3. The largest absolute Gasteiger partial charge is 0.356 e. The standard InChI is InChI=1S/C21H44N6O.HI/c1-7-11-23-20(28)16-26-14-9-19(10-15-26)25-21(22-6)24-12-8-13-27(17(2)3)18(4)5;/h17-19H,7-16H2,1-6H3,(H,23,28)(H2,22,24,25);1H. The third-order valence-corrected chi connectivity index (χ3v) is 5.30. The molecular formula is C21H45IN6O. The van der Waals surface area contributed by atoms with Crippen molar-refractivity contribution in [2.75, 3.05) is 46.3 Å². The second-order valence-electron chi connectivity index (χ2n) is 8.32. The van der Waals surface area contributed by atoms with Crippen molar-refractivity contribution in [1.82, 2.24) is 25.8 Å². The SMILES string of the molecule is CCCNC(=O)CN1CCC(NC(=NC)NCCCN(C(C)C)C(C)C)CC1.I. The van der Waals surface area contributed by atoms with E-state index in [9.17, 15) is 4.79 Å². The number of piperidine rings is 1. The van der Waals surface area contributed by atoms with Crippen LogP contribution >= 0.6 is 24.0 Å². The first-order valence-electron chi connectivity index (χ1n) is 11.1. The molecule has 0 spiro atoms. The monoisotopic (exact) mass is 524 g/mol. The minimum Gasteiger partial charge on any atom is -0.356 e. The van der Waals surface area contributed by atoms with Crippen molar-refractivity contribution in [2.24, 2.45) is 4.99 Å². The number of carbonyl (C=O) groups excluding carboxylic acids is 1. The fraction of sp³-hybridized carbons (Fsp3) is 0.905.